The van der Waals surface area contributed by atoms with E-state index in [1.165, 1.54) is 0 Å². The topological polar surface area (TPSA) is 55.6 Å². The molecule has 0 unspecified atom stereocenters. The fourth-order valence-electron chi connectivity index (χ4n) is 4.85. The molecule has 3 heterocycles. The quantitative estimate of drug-likeness (QED) is 0.249. The first-order valence-corrected chi connectivity index (χ1v) is 12.5. The number of benzene rings is 4. The highest BCUT2D eigenvalue weighted by Crippen LogP contribution is 2.34. The van der Waals surface area contributed by atoms with Gasteiger partial charge in [-0.2, -0.15) is 5.10 Å². The second-order valence-corrected chi connectivity index (χ2v) is 9.13. The van der Waals surface area contributed by atoms with E-state index in [1.54, 1.807) is 6.20 Å². The number of fused-ring (bicyclic) bond motifs is 2. The molecule has 1 N–H and O–H groups in total. The van der Waals surface area contributed by atoms with Crippen molar-refractivity contribution in [2.24, 2.45) is 0 Å². The van der Waals surface area contributed by atoms with E-state index < -0.39 is 0 Å². The molecule has 38 heavy (non-hydrogen) atoms. The molecule has 0 radical (unpaired) electrons. The Kier molecular flexibility index (Phi) is 5.37. The second kappa shape index (κ2) is 9.30. The number of pyridine rings is 2. The number of anilines is 2. The second-order valence-electron chi connectivity index (χ2n) is 9.13. The van der Waals surface area contributed by atoms with Crippen molar-refractivity contribution < 1.29 is 0 Å². The molecule has 0 aliphatic heterocycles. The zero-order chi connectivity index (χ0) is 25.3. The van der Waals surface area contributed by atoms with Crippen LogP contribution in [0.5, 0.6) is 0 Å². The van der Waals surface area contributed by atoms with Crippen molar-refractivity contribution >= 4 is 33.2 Å². The molecule has 0 saturated heterocycles. The van der Waals surface area contributed by atoms with Gasteiger partial charge < -0.3 is 5.32 Å². The SMILES string of the molecule is c1ccc(-n2nc(-c3ccc(Nc4c5ccccc5nc5ccccc45)cc3)cc2-c2cccnc2)cc1. The fourth-order valence-corrected chi connectivity index (χ4v) is 4.85. The van der Waals surface area contributed by atoms with Crippen LogP contribution in [0.4, 0.5) is 11.4 Å². The van der Waals surface area contributed by atoms with Crippen LogP contribution in [0.2, 0.25) is 0 Å². The van der Waals surface area contributed by atoms with Crippen molar-refractivity contribution in [2.45, 2.75) is 0 Å². The summed E-state index contributed by atoms with van der Waals surface area (Å²) in [6.07, 6.45) is 3.66. The van der Waals surface area contributed by atoms with Gasteiger partial charge in [-0.15, -0.1) is 0 Å². The maximum atomic E-state index is 4.98. The fraction of sp³-hybridized carbons (Fsp3) is 0. The zero-order valence-electron chi connectivity index (χ0n) is 20.5. The number of nitrogens with one attached hydrogen (secondary N) is 1. The molecule has 5 nitrogen and oxygen atoms in total. The molecule has 0 bridgehead atoms. The summed E-state index contributed by atoms with van der Waals surface area (Å²) >= 11 is 0. The van der Waals surface area contributed by atoms with Crippen LogP contribution in [0.15, 0.2) is 134 Å². The molecule has 0 spiro atoms. The molecular weight excluding hydrogens is 466 g/mol. The Bertz CT molecular complexity index is 1760. The minimum absolute atomic E-state index is 0.902. The van der Waals surface area contributed by atoms with Crippen LogP contribution >= 0.6 is 0 Å². The van der Waals surface area contributed by atoms with E-state index in [1.807, 2.05) is 47.3 Å². The predicted octanol–water partition coefficient (Wildman–Crippen LogP) is 8.05. The van der Waals surface area contributed by atoms with E-state index in [0.717, 1.165) is 61.4 Å². The molecule has 0 fully saturated rings. The van der Waals surface area contributed by atoms with Crippen LogP contribution in [0.3, 0.4) is 0 Å². The molecule has 0 amide bonds. The number of aromatic nitrogens is 4. The predicted molar refractivity (Wildman–Crippen MR) is 155 cm³/mol. The van der Waals surface area contributed by atoms with Crippen molar-refractivity contribution in [1.82, 2.24) is 19.7 Å². The molecule has 5 heteroatoms. The van der Waals surface area contributed by atoms with Gasteiger partial charge in [-0.3, -0.25) is 4.98 Å². The summed E-state index contributed by atoms with van der Waals surface area (Å²) in [7, 11) is 0. The van der Waals surface area contributed by atoms with Crippen LogP contribution in [-0.4, -0.2) is 19.7 Å². The van der Waals surface area contributed by atoms with Crippen molar-refractivity contribution in [1.29, 1.82) is 0 Å². The lowest BCUT2D eigenvalue weighted by molar-refractivity contribution is 0.891. The summed E-state index contributed by atoms with van der Waals surface area (Å²) in [4.78, 5) is 9.16. The monoisotopic (exact) mass is 489 g/mol. The van der Waals surface area contributed by atoms with E-state index in [4.69, 9.17) is 10.1 Å². The molecule has 180 valence electrons. The summed E-state index contributed by atoms with van der Waals surface area (Å²) in [6, 6.07) is 41.2. The summed E-state index contributed by atoms with van der Waals surface area (Å²) < 4.78 is 1.98. The van der Waals surface area contributed by atoms with E-state index >= 15 is 0 Å². The van der Waals surface area contributed by atoms with Crippen LogP contribution in [-0.2, 0) is 0 Å². The van der Waals surface area contributed by atoms with Crippen molar-refractivity contribution in [2.75, 3.05) is 5.32 Å². The third kappa shape index (κ3) is 3.96. The minimum atomic E-state index is 0.902. The number of rotatable bonds is 5. The first-order valence-electron chi connectivity index (χ1n) is 12.5. The van der Waals surface area contributed by atoms with Gasteiger partial charge in [0.05, 0.1) is 33.8 Å². The number of hydrogen-bond donors (Lipinski definition) is 1. The van der Waals surface area contributed by atoms with Gasteiger partial charge in [0.25, 0.3) is 0 Å². The van der Waals surface area contributed by atoms with Gasteiger partial charge in [0, 0.05) is 40.0 Å². The van der Waals surface area contributed by atoms with Gasteiger partial charge in [0.2, 0.25) is 0 Å². The number of para-hydroxylation sites is 3. The molecule has 3 aromatic heterocycles. The largest absolute Gasteiger partial charge is 0.354 e. The van der Waals surface area contributed by atoms with Crippen molar-refractivity contribution in [3.8, 4) is 28.2 Å². The highest BCUT2D eigenvalue weighted by atomic mass is 15.3. The van der Waals surface area contributed by atoms with Gasteiger partial charge >= 0.3 is 0 Å². The van der Waals surface area contributed by atoms with Crippen molar-refractivity contribution in [3.05, 3.63) is 134 Å². The lowest BCUT2D eigenvalue weighted by Gasteiger charge is -2.13. The summed E-state index contributed by atoms with van der Waals surface area (Å²) in [5.41, 5.74) is 8.98. The Hall–Kier alpha value is -5.29. The summed E-state index contributed by atoms with van der Waals surface area (Å²) in [6.45, 7) is 0. The molecule has 0 aliphatic carbocycles. The Morgan fingerprint density at radius 3 is 1.97 bits per heavy atom. The average Bonchev–Trinajstić information content (AvgIpc) is 3.44. The maximum absolute atomic E-state index is 4.98. The van der Waals surface area contributed by atoms with Gasteiger partial charge in [0.1, 0.15) is 0 Å². The Morgan fingerprint density at radius 2 is 1.29 bits per heavy atom. The smallest absolute Gasteiger partial charge is 0.0934 e. The summed E-state index contributed by atoms with van der Waals surface area (Å²) in [5.74, 6) is 0. The third-order valence-electron chi connectivity index (χ3n) is 6.71. The van der Waals surface area contributed by atoms with E-state index in [-0.39, 0.29) is 0 Å². The number of nitrogens with zero attached hydrogens (tertiary/aromatic N) is 4. The zero-order valence-corrected chi connectivity index (χ0v) is 20.5. The minimum Gasteiger partial charge on any atom is -0.354 e. The Labute approximate surface area is 220 Å². The highest BCUT2D eigenvalue weighted by molar-refractivity contribution is 6.08. The molecule has 0 saturated carbocycles. The van der Waals surface area contributed by atoms with Crippen LogP contribution in [0.1, 0.15) is 0 Å². The van der Waals surface area contributed by atoms with Gasteiger partial charge in [-0.05, 0) is 54.6 Å². The molecule has 7 aromatic rings. The molecule has 7 rings (SSSR count). The molecular formula is C33H23N5. The van der Waals surface area contributed by atoms with Crippen LogP contribution in [0, 0.1) is 0 Å². The standard InChI is InChI=1S/C33H23N5/c1-2-10-26(11-3-1)38-32(24-9-8-20-34-22-24)21-31(37-38)23-16-18-25(19-17-23)35-33-27-12-4-6-14-29(27)36-30-15-7-5-13-28(30)33/h1-22H,(H,35,36). The number of hydrogen-bond acceptors (Lipinski definition) is 4. The first-order chi connectivity index (χ1) is 18.8. The van der Waals surface area contributed by atoms with Gasteiger partial charge in [-0.1, -0.05) is 66.7 Å². The van der Waals surface area contributed by atoms with Crippen LogP contribution in [0.25, 0.3) is 50.0 Å². The Balaban J connectivity index is 1.27. The third-order valence-corrected chi connectivity index (χ3v) is 6.71. The molecule has 4 aromatic carbocycles. The van der Waals surface area contributed by atoms with Crippen molar-refractivity contribution in [3.63, 3.8) is 0 Å². The maximum Gasteiger partial charge on any atom is 0.0934 e. The average molecular weight is 490 g/mol. The van der Waals surface area contributed by atoms with E-state index in [0.29, 0.717) is 0 Å². The normalized spacial score (nSPS) is 11.2. The molecule has 0 aliphatic rings. The van der Waals surface area contributed by atoms with Gasteiger partial charge in [0.15, 0.2) is 0 Å². The van der Waals surface area contributed by atoms with Gasteiger partial charge in [-0.25, -0.2) is 9.67 Å². The van der Waals surface area contributed by atoms with E-state index in [9.17, 15) is 0 Å². The first kappa shape index (κ1) is 21.9. The molecule has 0 atom stereocenters. The lowest BCUT2D eigenvalue weighted by Crippen LogP contribution is -1.99. The Morgan fingerprint density at radius 1 is 0.605 bits per heavy atom. The highest BCUT2D eigenvalue weighted by Gasteiger charge is 2.14. The van der Waals surface area contributed by atoms with Crippen LogP contribution < -0.4 is 5.32 Å². The van der Waals surface area contributed by atoms with E-state index in [2.05, 4.69) is 95.2 Å². The summed E-state index contributed by atoms with van der Waals surface area (Å²) in [5, 5.41) is 10.8. The lowest BCUT2D eigenvalue weighted by atomic mass is 10.1.